The van der Waals surface area contributed by atoms with Crippen LogP contribution in [-0.2, 0) is 11.3 Å². The lowest BCUT2D eigenvalue weighted by atomic mass is 10.2. The van der Waals surface area contributed by atoms with Gasteiger partial charge in [-0.05, 0) is 12.1 Å². The summed E-state index contributed by atoms with van der Waals surface area (Å²) in [6, 6.07) is 10.1. The van der Waals surface area contributed by atoms with Crippen LogP contribution in [0.25, 0.3) is 0 Å². The molecule has 0 bridgehead atoms. The van der Waals surface area contributed by atoms with Gasteiger partial charge < -0.3 is 10.5 Å². The molecule has 0 aliphatic carbocycles. The summed E-state index contributed by atoms with van der Waals surface area (Å²) in [6.07, 6.45) is 0. The van der Waals surface area contributed by atoms with E-state index in [2.05, 4.69) is 19.1 Å². The average molecular weight is 194 g/mol. The highest BCUT2D eigenvalue weighted by Gasteiger charge is 1.98. The number of ether oxygens (including phenoxy) is 1. The number of nitrogens with two attached hydrogens (primary N) is 1. The average Bonchev–Trinajstić information content (AvgIpc) is 2.26. The van der Waals surface area contributed by atoms with Crippen molar-refractivity contribution < 1.29 is 4.74 Å². The van der Waals surface area contributed by atoms with Gasteiger partial charge in [-0.1, -0.05) is 37.3 Å². The Labute approximate surface area is 85.5 Å². The first kappa shape index (κ1) is 11.2. The van der Waals surface area contributed by atoms with Crippen LogP contribution < -0.4 is 5.73 Å². The molecule has 1 aromatic rings. The summed E-state index contributed by atoms with van der Waals surface area (Å²) in [6.45, 7) is 4.79. The molecule has 0 aliphatic rings. The van der Waals surface area contributed by atoms with E-state index in [-0.39, 0.29) is 0 Å². The Hall–Kier alpha value is -0.900. The Morgan fingerprint density at radius 3 is 2.57 bits per heavy atom. The van der Waals surface area contributed by atoms with Gasteiger partial charge >= 0.3 is 0 Å². The molecular formula is C11H18N2O. The van der Waals surface area contributed by atoms with Gasteiger partial charge in [-0.3, -0.25) is 4.90 Å². The van der Waals surface area contributed by atoms with E-state index >= 15 is 0 Å². The third-order valence-corrected chi connectivity index (χ3v) is 2.09. The predicted molar refractivity (Wildman–Crippen MR) is 57.5 cm³/mol. The van der Waals surface area contributed by atoms with E-state index in [0.717, 1.165) is 6.54 Å². The van der Waals surface area contributed by atoms with Crippen molar-refractivity contribution >= 4 is 0 Å². The fraction of sp³-hybridized carbons (Fsp3) is 0.455. The normalized spacial score (nSPS) is 10.8. The first-order valence-electron chi connectivity index (χ1n) is 4.91. The molecule has 0 unspecified atom stereocenters. The number of hydrogen-bond donors (Lipinski definition) is 1. The number of nitrogens with zero attached hydrogens (tertiary/aromatic N) is 1. The second-order valence-electron chi connectivity index (χ2n) is 3.13. The second-order valence-corrected chi connectivity index (χ2v) is 3.13. The van der Waals surface area contributed by atoms with Crippen molar-refractivity contribution in [3.63, 3.8) is 0 Å². The summed E-state index contributed by atoms with van der Waals surface area (Å²) >= 11 is 0. The number of benzene rings is 1. The number of rotatable bonds is 6. The summed E-state index contributed by atoms with van der Waals surface area (Å²) < 4.78 is 5.51. The van der Waals surface area contributed by atoms with Crippen molar-refractivity contribution in [2.45, 2.75) is 13.5 Å². The molecule has 0 amide bonds. The maximum atomic E-state index is 5.51. The first-order valence-corrected chi connectivity index (χ1v) is 4.91. The molecule has 14 heavy (non-hydrogen) atoms. The third kappa shape index (κ3) is 3.87. The number of hydrogen-bond acceptors (Lipinski definition) is 3. The molecule has 0 spiro atoms. The molecule has 78 valence electrons. The molecule has 1 aromatic carbocycles. The molecule has 2 N–H and O–H groups in total. The van der Waals surface area contributed by atoms with Gasteiger partial charge in [0, 0.05) is 6.67 Å². The lowest BCUT2D eigenvalue weighted by molar-refractivity contribution is 0.0226. The van der Waals surface area contributed by atoms with Gasteiger partial charge in [0.15, 0.2) is 0 Å². The van der Waals surface area contributed by atoms with Crippen LogP contribution in [0.1, 0.15) is 12.5 Å². The maximum absolute atomic E-state index is 5.51. The summed E-state index contributed by atoms with van der Waals surface area (Å²) in [5, 5.41) is 0. The summed E-state index contributed by atoms with van der Waals surface area (Å²) in [7, 11) is 0. The minimum absolute atomic E-state index is 0.547. The molecule has 0 radical (unpaired) electrons. The predicted octanol–water partition coefficient (Wildman–Crippen LogP) is 1.40. The lowest BCUT2D eigenvalue weighted by Crippen LogP contribution is -2.31. The van der Waals surface area contributed by atoms with Gasteiger partial charge in [-0.2, -0.15) is 0 Å². The topological polar surface area (TPSA) is 38.5 Å². The van der Waals surface area contributed by atoms with E-state index in [1.54, 1.807) is 0 Å². The Balaban J connectivity index is 2.21. The standard InChI is InChI=1S/C11H18N2O/c1-2-13(9-12)10-14-8-11-6-4-3-5-7-11/h3-7H,2,8-10,12H2,1H3. The minimum Gasteiger partial charge on any atom is -0.361 e. The van der Waals surface area contributed by atoms with Gasteiger partial charge in [0.05, 0.1) is 6.61 Å². The minimum atomic E-state index is 0.547. The monoisotopic (exact) mass is 194 g/mol. The van der Waals surface area contributed by atoms with Gasteiger partial charge in [0.25, 0.3) is 0 Å². The zero-order valence-corrected chi connectivity index (χ0v) is 8.65. The smallest absolute Gasteiger partial charge is 0.100 e. The van der Waals surface area contributed by atoms with Gasteiger partial charge in [-0.25, -0.2) is 0 Å². The molecule has 3 nitrogen and oxygen atoms in total. The van der Waals surface area contributed by atoms with Crippen LogP contribution in [-0.4, -0.2) is 24.8 Å². The summed E-state index contributed by atoms with van der Waals surface area (Å²) in [5.74, 6) is 0. The summed E-state index contributed by atoms with van der Waals surface area (Å²) in [5.41, 5.74) is 6.70. The van der Waals surface area contributed by atoms with Crippen molar-refractivity contribution in [1.29, 1.82) is 0 Å². The SMILES string of the molecule is CCN(CN)COCc1ccccc1. The van der Waals surface area contributed by atoms with Crippen LogP contribution >= 0.6 is 0 Å². The molecule has 0 saturated heterocycles. The highest BCUT2D eigenvalue weighted by Crippen LogP contribution is 2.00. The zero-order valence-electron chi connectivity index (χ0n) is 8.65. The van der Waals surface area contributed by atoms with Crippen molar-refractivity contribution in [3.05, 3.63) is 35.9 Å². The quantitative estimate of drug-likeness (QED) is 0.696. The van der Waals surface area contributed by atoms with Crippen molar-refractivity contribution in [2.24, 2.45) is 5.73 Å². The van der Waals surface area contributed by atoms with Crippen molar-refractivity contribution in [2.75, 3.05) is 19.9 Å². The van der Waals surface area contributed by atoms with Crippen LogP contribution in [0.3, 0.4) is 0 Å². The lowest BCUT2D eigenvalue weighted by Gasteiger charge is -2.17. The molecule has 0 aliphatic heterocycles. The Morgan fingerprint density at radius 2 is 2.00 bits per heavy atom. The van der Waals surface area contributed by atoms with E-state index in [1.807, 2.05) is 23.1 Å². The van der Waals surface area contributed by atoms with Crippen LogP contribution in [0.15, 0.2) is 30.3 Å². The van der Waals surface area contributed by atoms with Gasteiger partial charge in [0.2, 0.25) is 0 Å². The van der Waals surface area contributed by atoms with E-state index < -0.39 is 0 Å². The highest BCUT2D eigenvalue weighted by molar-refractivity contribution is 5.13. The van der Waals surface area contributed by atoms with Crippen molar-refractivity contribution in [1.82, 2.24) is 4.90 Å². The van der Waals surface area contributed by atoms with Gasteiger partial charge in [0.1, 0.15) is 6.73 Å². The zero-order chi connectivity index (χ0) is 10.2. The largest absolute Gasteiger partial charge is 0.361 e. The van der Waals surface area contributed by atoms with E-state index in [4.69, 9.17) is 10.5 Å². The van der Waals surface area contributed by atoms with E-state index in [9.17, 15) is 0 Å². The van der Waals surface area contributed by atoms with Crippen LogP contribution in [0, 0.1) is 0 Å². The van der Waals surface area contributed by atoms with E-state index in [0.29, 0.717) is 20.0 Å². The third-order valence-electron chi connectivity index (χ3n) is 2.09. The van der Waals surface area contributed by atoms with Gasteiger partial charge in [-0.15, -0.1) is 0 Å². The maximum Gasteiger partial charge on any atom is 0.100 e. The highest BCUT2D eigenvalue weighted by atomic mass is 16.5. The fourth-order valence-corrected chi connectivity index (χ4v) is 1.14. The second kappa shape index (κ2) is 6.54. The molecule has 0 aromatic heterocycles. The Kier molecular flexibility index (Phi) is 5.22. The Bertz CT molecular complexity index is 234. The fourth-order valence-electron chi connectivity index (χ4n) is 1.14. The molecule has 0 heterocycles. The van der Waals surface area contributed by atoms with Crippen molar-refractivity contribution in [3.8, 4) is 0 Å². The van der Waals surface area contributed by atoms with Crippen LogP contribution in [0.5, 0.6) is 0 Å². The molecule has 1 rings (SSSR count). The molecule has 3 heteroatoms. The van der Waals surface area contributed by atoms with E-state index in [1.165, 1.54) is 5.56 Å². The molecular weight excluding hydrogens is 176 g/mol. The molecule has 0 fully saturated rings. The van der Waals surface area contributed by atoms with Crippen LogP contribution in [0.2, 0.25) is 0 Å². The Morgan fingerprint density at radius 1 is 1.29 bits per heavy atom. The molecule has 0 saturated carbocycles. The first-order chi connectivity index (χ1) is 6.86. The van der Waals surface area contributed by atoms with Crippen LogP contribution in [0.4, 0.5) is 0 Å². The summed E-state index contributed by atoms with van der Waals surface area (Å²) in [4.78, 5) is 2.03. The molecule has 0 atom stereocenters.